The molecule has 35 heavy (non-hydrogen) atoms. The molecule has 3 rings (SSSR count). The van der Waals surface area contributed by atoms with Gasteiger partial charge in [0.1, 0.15) is 18.2 Å². The maximum absolute atomic E-state index is 14.1. The van der Waals surface area contributed by atoms with Gasteiger partial charge in [0.05, 0.1) is 23.5 Å². The first kappa shape index (κ1) is 28.0. The van der Waals surface area contributed by atoms with Crippen LogP contribution in [0.5, 0.6) is 0 Å². The fourth-order valence-corrected chi connectivity index (χ4v) is 3.55. The van der Waals surface area contributed by atoms with Gasteiger partial charge in [0.2, 0.25) is 0 Å². The summed E-state index contributed by atoms with van der Waals surface area (Å²) in [4.78, 5) is 36.6. The van der Waals surface area contributed by atoms with Crippen molar-refractivity contribution in [3.8, 4) is 0 Å². The number of hydrogen-bond donors (Lipinski definition) is 4. The van der Waals surface area contributed by atoms with Crippen LogP contribution in [-0.2, 0) is 9.53 Å². The molecule has 10 nitrogen and oxygen atoms in total. The third-order valence-electron chi connectivity index (χ3n) is 5.45. The molecule has 2 aliphatic heterocycles. The number of rotatable bonds is 5. The Morgan fingerprint density at radius 1 is 1.11 bits per heavy atom. The van der Waals surface area contributed by atoms with E-state index < -0.39 is 35.6 Å². The quantitative estimate of drug-likeness (QED) is 0.488. The smallest absolute Gasteiger partial charge is 0.410 e. The number of nitrogens with one attached hydrogen (secondary N) is 2. The predicted molar refractivity (Wildman–Crippen MR) is 124 cm³/mol. The molecule has 2 fully saturated rings. The molecule has 2 aliphatic rings. The molecular formula is C23H32F2N4O6. The van der Waals surface area contributed by atoms with Crippen molar-refractivity contribution in [2.45, 2.75) is 51.7 Å². The van der Waals surface area contributed by atoms with Gasteiger partial charge in [-0.25, -0.2) is 13.6 Å². The first-order valence-electron chi connectivity index (χ1n) is 11.4. The van der Waals surface area contributed by atoms with Crippen molar-refractivity contribution in [2.24, 2.45) is 0 Å². The summed E-state index contributed by atoms with van der Waals surface area (Å²) in [5.74, 6) is -3.93. The number of aliphatic hydroxyl groups is 1. The number of halogens is 2. The summed E-state index contributed by atoms with van der Waals surface area (Å²) in [6.45, 7) is 5.03. The predicted octanol–water partition coefficient (Wildman–Crippen LogP) is 2.39. The molecule has 4 N–H and O–H groups in total. The standard InChI is InChI=1S/C14H15F2N3O3.C9H17NO3/c15-10-6-12(19-3-1-8(17)2-4-19)11(16)5-9(10)14(22)18-7-13(20)21;1-7(2)13-9(12)10-5-3-8(11)4-6-10/h5-6,17H,1-4,7H2,(H,18,22)(H,20,21);7-8,11H,3-6H2,1-2H3. The van der Waals surface area contributed by atoms with Crippen LogP contribution in [0.2, 0.25) is 0 Å². The van der Waals surface area contributed by atoms with Gasteiger partial charge in [-0.05, 0) is 32.8 Å². The Morgan fingerprint density at radius 2 is 1.71 bits per heavy atom. The number of aliphatic hydroxyl groups excluding tert-OH is 1. The Labute approximate surface area is 202 Å². The molecule has 1 aromatic rings. The average Bonchev–Trinajstić information content (AvgIpc) is 2.79. The van der Waals surface area contributed by atoms with E-state index in [1.807, 2.05) is 19.2 Å². The number of carboxylic acid groups (broad SMARTS) is 1. The van der Waals surface area contributed by atoms with Crippen molar-refractivity contribution < 1.29 is 38.1 Å². The number of carbonyl (C=O) groups excluding carboxylic acids is 2. The second-order valence-electron chi connectivity index (χ2n) is 8.60. The Morgan fingerprint density at radius 3 is 2.26 bits per heavy atom. The van der Waals surface area contributed by atoms with Gasteiger partial charge >= 0.3 is 12.1 Å². The van der Waals surface area contributed by atoms with Gasteiger partial charge in [0.15, 0.2) is 0 Å². The second kappa shape index (κ2) is 13.0. The van der Waals surface area contributed by atoms with Crippen molar-refractivity contribution >= 4 is 29.4 Å². The third-order valence-corrected chi connectivity index (χ3v) is 5.45. The molecule has 0 saturated carbocycles. The molecule has 194 valence electrons. The summed E-state index contributed by atoms with van der Waals surface area (Å²) >= 11 is 0. The van der Waals surface area contributed by atoms with Gasteiger partial charge in [0.25, 0.3) is 5.91 Å². The molecule has 2 saturated heterocycles. The Bertz CT molecular complexity index is 925. The number of nitrogens with zero attached hydrogens (tertiary/aromatic N) is 2. The number of benzene rings is 1. The van der Waals surface area contributed by atoms with Gasteiger partial charge in [-0.2, -0.15) is 0 Å². The highest BCUT2D eigenvalue weighted by Crippen LogP contribution is 2.25. The summed E-state index contributed by atoms with van der Waals surface area (Å²) in [6, 6.07) is 1.70. The number of hydrogen-bond acceptors (Lipinski definition) is 7. The van der Waals surface area contributed by atoms with E-state index in [0.29, 0.717) is 57.6 Å². The molecule has 2 heterocycles. The molecule has 0 spiro atoms. The molecule has 12 heteroatoms. The molecule has 0 aromatic heterocycles. The van der Waals surface area contributed by atoms with Crippen LogP contribution in [0.25, 0.3) is 0 Å². The number of carbonyl (C=O) groups is 3. The zero-order valence-corrected chi connectivity index (χ0v) is 19.9. The second-order valence-corrected chi connectivity index (χ2v) is 8.60. The van der Waals surface area contributed by atoms with Crippen LogP contribution in [0, 0.1) is 17.0 Å². The van der Waals surface area contributed by atoms with Gasteiger partial charge in [-0.15, -0.1) is 0 Å². The Hall–Kier alpha value is -3.28. The molecule has 2 amide bonds. The number of likely N-dealkylation sites (tertiary alicyclic amines) is 1. The van der Waals surface area contributed by atoms with Gasteiger partial charge in [0, 0.05) is 50.8 Å². The van der Waals surface area contributed by atoms with Crippen LogP contribution in [0.4, 0.5) is 19.3 Å². The van der Waals surface area contributed by atoms with E-state index >= 15 is 0 Å². The van der Waals surface area contributed by atoms with E-state index in [-0.39, 0.29) is 24.0 Å². The minimum atomic E-state index is -1.28. The first-order valence-corrected chi connectivity index (χ1v) is 11.4. The maximum atomic E-state index is 14.1. The van der Waals surface area contributed by atoms with E-state index in [1.54, 1.807) is 9.80 Å². The van der Waals surface area contributed by atoms with E-state index in [4.69, 9.17) is 15.3 Å². The molecule has 0 atom stereocenters. The van der Waals surface area contributed by atoms with Crippen molar-refractivity contribution in [1.29, 1.82) is 5.41 Å². The lowest BCUT2D eigenvalue weighted by Crippen LogP contribution is -2.41. The van der Waals surface area contributed by atoms with Crippen LogP contribution in [0.1, 0.15) is 49.9 Å². The van der Waals surface area contributed by atoms with Crippen LogP contribution < -0.4 is 10.2 Å². The third kappa shape index (κ3) is 8.78. The lowest BCUT2D eigenvalue weighted by molar-refractivity contribution is -0.135. The van der Waals surface area contributed by atoms with Crippen molar-refractivity contribution in [2.75, 3.05) is 37.6 Å². The van der Waals surface area contributed by atoms with E-state index in [2.05, 4.69) is 0 Å². The molecule has 0 aliphatic carbocycles. The molecule has 1 aromatic carbocycles. The zero-order chi connectivity index (χ0) is 26.1. The number of aliphatic carboxylic acids is 1. The molecular weight excluding hydrogens is 466 g/mol. The van der Waals surface area contributed by atoms with Gasteiger partial charge in [-0.3, -0.25) is 9.59 Å². The SMILES string of the molecule is CC(C)OC(=O)N1CCC(O)CC1.N=C1CCN(c2cc(F)c(C(=O)NCC(=O)O)cc2F)CC1. The number of carboxylic acids is 1. The summed E-state index contributed by atoms with van der Waals surface area (Å²) < 4.78 is 33.1. The van der Waals surface area contributed by atoms with E-state index in [1.165, 1.54) is 0 Å². The molecule has 0 radical (unpaired) electrons. The lowest BCUT2D eigenvalue weighted by Gasteiger charge is -2.29. The summed E-state index contributed by atoms with van der Waals surface area (Å²) in [5, 5.41) is 27.2. The van der Waals surface area contributed by atoms with Crippen LogP contribution in [-0.4, -0.2) is 83.7 Å². The normalized spacial score (nSPS) is 16.5. The highest BCUT2D eigenvalue weighted by molar-refractivity contribution is 5.96. The minimum Gasteiger partial charge on any atom is -0.480 e. The number of amides is 2. The summed E-state index contributed by atoms with van der Waals surface area (Å²) in [5.41, 5.74) is 0.0776. The largest absolute Gasteiger partial charge is 0.480 e. The van der Waals surface area contributed by atoms with Crippen molar-refractivity contribution in [3.63, 3.8) is 0 Å². The van der Waals surface area contributed by atoms with Crippen LogP contribution in [0.3, 0.4) is 0 Å². The monoisotopic (exact) mass is 498 g/mol. The fourth-order valence-electron chi connectivity index (χ4n) is 3.55. The first-order chi connectivity index (χ1) is 16.5. The summed E-state index contributed by atoms with van der Waals surface area (Å²) in [6.07, 6.45) is 1.72. The number of ether oxygens (including phenoxy) is 1. The van der Waals surface area contributed by atoms with Crippen LogP contribution >= 0.6 is 0 Å². The topological polar surface area (TPSA) is 143 Å². The van der Waals surface area contributed by atoms with E-state index in [9.17, 15) is 28.3 Å². The number of anilines is 1. The molecule has 0 unspecified atom stereocenters. The summed E-state index contributed by atoms with van der Waals surface area (Å²) in [7, 11) is 0. The molecule has 0 bridgehead atoms. The van der Waals surface area contributed by atoms with E-state index in [0.717, 1.165) is 12.1 Å². The highest BCUT2D eigenvalue weighted by atomic mass is 19.1. The van der Waals surface area contributed by atoms with Crippen molar-refractivity contribution in [3.05, 3.63) is 29.3 Å². The lowest BCUT2D eigenvalue weighted by atomic mass is 10.1. The highest BCUT2D eigenvalue weighted by Gasteiger charge is 2.23. The minimum absolute atomic E-state index is 0.0415. The van der Waals surface area contributed by atoms with Gasteiger partial charge in [-0.1, -0.05) is 0 Å². The fraction of sp³-hybridized carbons (Fsp3) is 0.565. The Balaban J connectivity index is 0.000000283. The zero-order valence-electron chi connectivity index (χ0n) is 19.9. The van der Waals surface area contributed by atoms with Crippen molar-refractivity contribution in [1.82, 2.24) is 10.2 Å². The number of piperidine rings is 2. The van der Waals surface area contributed by atoms with Crippen LogP contribution in [0.15, 0.2) is 12.1 Å². The Kier molecular flexibility index (Phi) is 10.4. The average molecular weight is 499 g/mol. The van der Waals surface area contributed by atoms with Gasteiger partial charge < -0.3 is 35.5 Å². The maximum Gasteiger partial charge on any atom is 0.410 e.